The standard InChI is InChI=1S/C13H12FN3OS/c1-8-4-12(18)17(16-6-8)7-9-2-3-10(14)5-11(9)13(15)19/h2-6H,7H2,1H3,(H2,15,19). The second-order valence-corrected chi connectivity index (χ2v) is 4.63. The Hall–Kier alpha value is -2.08. The molecule has 0 unspecified atom stereocenters. The Morgan fingerprint density at radius 1 is 1.47 bits per heavy atom. The molecule has 2 rings (SSSR count). The van der Waals surface area contributed by atoms with Crippen molar-refractivity contribution < 1.29 is 4.39 Å². The molecular formula is C13H12FN3OS. The van der Waals surface area contributed by atoms with Gasteiger partial charge in [0.25, 0.3) is 5.56 Å². The van der Waals surface area contributed by atoms with Crippen LogP contribution in [0.1, 0.15) is 16.7 Å². The third-order valence-electron chi connectivity index (χ3n) is 2.66. The van der Waals surface area contributed by atoms with Crippen molar-refractivity contribution in [3.63, 3.8) is 0 Å². The third kappa shape index (κ3) is 3.03. The maximum absolute atomic E-state index is 13.2. The van der Waals surface area contributed by atoms with Gasteiger partial charge in [0.1, 0.15) is 10.8 Å². The molecular weight excluding hydrogens is 265 g/mol. The van der Waals surface area contributed by atoms with Crippen LogP contribution in [0.5, 0.6) is 0 Å². The van der Waals surface area contributed by atoms with E-state index in [0.29, 0.717) is 11.1 Å². The van der Waals surface area contributed by atoms with Crippen molar-refractivity contribution in [2.45, 2.75) is 13.5 Å². The normalized spacial score (nSPS) is 10.4. The van der Waals surface area contributed by atoms with Gasteiger partial charge < -0.3 is 5.73 Å². The number of rotatable bonds is 3. The first-order chi connectivity index (χ1) is 8.97. The van der Waals surface area contributed by atoms with Crippen LogP contribution in [0.25, 0.3) is 0 Å². The highest BCUT2D eigenvalue weighted by Crippen LogP contribution is 2.12. The zero-order chi connectivity index (χ0) is 14.0. The van der Waals surface area contributed by atoms with E-state index >= 15 is 0 Å². The minimum atomic E-state index is -0.421. The Kier molecular flexibility index (Phi) is 3.71. The fourth-order valence-electron chi connectivity index (χ4n) is 1.72. The Labute approximate surface area is 114 Å². The van der Waals surface area contributed by atoms with Gasteiger partial charge in [-0.2, -0.15) is 5.10 Å². The van der Waals surface area contributed by atoms with Gasteiger partial charge in [0.2, 0.25) is 0 Å². The number of nitrogens with two attached hydrogens (primary N) is 1. The Bertz CT molecular complexity index is 697. The van der Waals surface area contributed by atoms with Gasteiger partial charge in [-0.1, -0.05) is 18.3 Å². The van der Waals surface area contributed by atoms with Gasteiger partial charge in [0, 0.05) is 11.6 Å². The molecule has 0 aliphatic carbocycles. The van der Waals surface area contributed by atoms with Crippen molar-refractivity contribution in [1.29, 1.82) is 0 Å². The van der Waals surface area contributed by atoms with Crippen LogP contribution in [0.15, 0.2) is 35.3 Å². The van der Waals surface area contributed by atoms with Crippen molar-refractivity contribution in [2.24, 2.45) is 5.73 Å². The van der Waals surface area contributed by atoms with Gasteiger partial charge in [0.15, 0.2) is 0 Å². The van der Waals surface area contributed by atoms with Crippen molar-refractivity contribution in [2.75, 3.05) is 0 Å². The van der Waals surface area contributed by atoms with Gasteiger partial charge >= 0.3 is 0 Å². The lowest BCUT2D eigenvalue weighted by Crippen LogP contribution is -2.24. The van der Waals surface area contributed by atoms with Crippen molar-refractivity contribution in [3.8, 4) is 0 Å². The van der Waals surface area contributed by atoms with Crippen molar-refractivity contribution in [1.82, 2.24) is 9.78 Å². The Morgan fingerprint density at radius 2 is 2.21 bits per heavy atom. The number of benzene rings is 1. The SMILES string of the molecule is Cc1cnn(Cc2ccc(F)cc2C(N)=S)c(=O)c1. The summed E-state index contributed by atoms with van der Waals surface area (Å²) in [5.74, 6) is -0.421. The number of nitrogens with zero attached hydrogens (tertiary/aromatic N) is 2. The molecule has 0 aliphatic rings. The molecule has 0 fully saturated rings. The predicted molar refractivity (Wildman–Crippen MR) is 74.6 cm³/mol. The third-order valence-corrected chi connectivity index (χ3v) is 2.88. The summed E-state index contributed by atoms with van der Waals surface area (Å²) >= 11 is 4.88. The lowest BCUT2D eigenvalue weighted by Gasteiger charge is -2.09. The maximum Gasteiger partial charge on any atom is 0.267 e. The highest BCUT2D eigenvalue weighted by atomic mass is 32.1. The molecule has 0 saturated heterocycles. The van der Waals surface area contributed by atoms with Crippen LogP contribution >= 0.6 is 12.2 Å². The molecule has 4 nitrogen and oxygen atoms in total. The molecule has 0 atom stereocenters. The number of hydrogen-bond acceptors (Lipinski definition) is 3. The molecule has 1 aromatic heterocycles. The summed E-state index contributed by atoms with van der Waals surface area (Å²) in [6, 6.07) is 5.60. The molecule has 98 valence electrons. The van der Waals surface area contributed by atoms with Crippen LogP contribution in [0, 0.1) is 12.7 Å². The molecule has 19 heavy (non-hydrogen) atoms. The van der Waals surface area contributed by atoms with Crippen LogP contribution < -0.4 is 11.3 Å². The van der Waals surface area contributed by atoms with Crippen LogP contribution in [-0.2, 0) is 6.54 Å². The van der Waals surface area contributed by atoms with Crippen LogP contribution in [0.3, 0.4) is 0 Å². The zero-order valence-electron chi connectivity index (χ0n) is 10.3. The second-order valence-electron chi connectivity index (χ2n) is 4.19. The zero-order valence-corrected chi connectivity index (χ0v) is 11.1. The summed E-state index contributed by atoms with van der Waals surface area (Å²) in [5, 5.41) is 4.02. The molecule has 0 aliphatic heterocycles. The quantitative estimate of drug-likeness (QED) is 0.861. The number of thiocarbonyl (C=S) groups is 1. The van der Waals surface area contributed by atoms with E-state index in [4.69, 9.17) is 18.0 Å². The highest BCUT2D eigenvalue weighted by Gasteiger charge is 2.09. The van der Waals surface area contributed by atoms with Gasteiger partial charge in [-0.25, -0.2) is 9.07 Å². The molecule has 0 amide bonds. The first-order valence-electron chi connectivity index (χ1n) is 5.59. The van der Waals surface area contributed by atoms with E-state index < -0.39 is 5.82 Å². The monoisotopic (exact) mass is 277 g/mol. The molecule has 1 aromatic carbocycles. The number of aryl methyl sites for hydroxylation is 1. The lowest BCUT2D eigenvalue weighted by atomic mass is 10.1. The molecule has 0 spiro atoms. The molecule has 2 aromatic rings. The average molecular weight is 277 g/mol. The first-order valence-corrected chi connectivity index (χ1v) is 6.00. The summed E-state index contributed by atoms with van der Waals surface area (Å²) in [5.41, 5.74) is 7.20. The summed E-state index contributed by atoms with van der Waals surface area (Å²) in [4.78, 5) is 11.8. The molecule has 0 radical (unpaired) electrons. The highest BCUT2D eigenvalue weighted by molar-refractivity contribution is 7.80. The van der Waals surface area contributed by atoms with E-state index in [0.717, 1.165) is 5.56 Å². The molecule has 0 saturated carbocycles. The van der Waals surface area contributed by atoms with Crippen molar-refractivity contribution >= 4 is 17.2 Å². The van der Waals surface area contributed by atoms with E-state index in [1.165, 1.54) is 22.9 Å². The predicted octanol–water partition coefficient (Wildman–Crippen LogP) is 1.37. The first kappa shape index (κ1) is 13.4. The Morgan fingerprint density at radius 3 is 2.84 bits per heavy atom. The maximum atomic E-state index is 13.2. The average Bonchev–Trinajstić information content (AvgIpc) is 2.34. The van der Waals surface area contributed by atoms with E-state index in [1.54, 1.807) is 19.2 Å². The summed E-state index contributed by atoms with van der Waals surface area (Å²) in [7, 11) is 0. The molecule has 0 bridgehead atoms. The van der Waals surface area contributed by atoms with Crippen LogP contribution in [0.4, 0.5) is 4.39 Å². The second kappa shape index (κ2) is 5.27. The largest absolute Gasteiger partial charge is 0.389 e. The number of hydrogen-bond donors (Lipinski definition) is 1. The summed E-state index contributed by atoms with van der Waals surface area (Å²) in [6.45, 7) is 1.99. The minimum absolute atomic E-state index is 0.0923. The molecule has 6 heteroatoms. The fourth-order valence-corrected chi connectivity index (χ4v) is 1.91. The van der Waals surface area contributed by atoms with Gasteiger partial charge in [-0.3, -0.25) is 4.79 Å². The van der Waals surface area contributed by atoms with Gasteiger partial charge in [-0.05, 0) is 30.2 Å². The molecule has 2 N–H and O–H groups in total. The van der Waals surface area contributed by atoms with E-state index in [-0.39, 0.29) is 17.1 Å². The minimum Gasteiger partial charge on any atom is -0.389 e. The van der Waals surface area contributed by atoms with E-state index in [1.807, 2.05) is 0 Å². The number of aromatic nitrogens is 2. The lowest BCUT2D eigenvalue weighted by molar-refractivity contribution is 0.617. The topological polar surface area (TPSA) is 60.9 Å². The molecule has 1 heterocycles. The van der Waals surface area contributed by atoms with Crippen molar-refractivity contribution in [3.05, 3.63) is 63.3 Å². The Balaban J connectivity index is 2.43. The number of halogens is 1. The van der Waals surface area contributed by atoms with Crippen LogP contribution in [0.2, 0.25) is 0 Å². The van der Waals surface area contributed by atoms with E-state index in [2.05, 4.69) is 5.10 Å². The van der Waals surface area contributed by atoms with Gasteiger partial charge in [0.05, 0.1) is 12.7 Å². The summed E-state index contributed by atoms with van der Waals surface area (Å²) in [6.07, 6.45) is 1.59. The smallest absolute Gasteiger partial charge is 0.267 e. The van der Waals surface area contributed by atoms with E-state index in [9.17, 15) is 9.18 Å². The van der Waals surface area contributed by atoms with Crippen LogP contribution in [-0.4, -0.2) is 14.8 Å². The summed E-state index contributed by atoms with van der Waals surface area (Å²) < 4.78 is 14.5. The fraction of sp³-hybridized carbons (Fsp3) is 0.154. The van der Waals surface area contributed by atoms with Gasteiger partial charge in [-0.15, -0.1) is 0 Å².